The molecule has 0 radical (unpaired) electrons. The molecule has 94 valence electrons. The third kappa shape index (κ3) is 2.42. The van der Waals surface area contributed by atoms with Crippen LogP contribution < -0.4 is 5.73 Å². The summed E-state index contributed by atoms with van der Waals surface area (Å²) in [5.74, 6) is 0.257. The van der Waals surface area contributed by atoms with Crippen LogP contribution in [0, 0.1) is 6.92 Å². The second kappa shape index (κ2) is 4.29. The Bertz CT molecular complexity index is 579. The van der Waals surface area contributed by atoms with Gasteiger partial charge in [0.05, 0.1) is 11.3 Å². The molecule has 0 aromatic carbocycles. The van der Waals surface area contributed by atoms with E-state index in [4.69, 9.17) is 5.73 Å². The number of hydrogen-bond donors (Lipinski definition) is 1. The lowest BCUT2D eigenvalue weighted by Crippen LogP contribution is -2.06. The van der Waals surface area contributed by atoms with E-state index in [0.717, 1.165) is 17.8 Å². The zero-order chi connectivity index (χ0) is 13.3. The Hall–Kier alpha value is -2.11. The van der Waals surface area contributed by atoms with E-state index in [9.17, 15) is 13.2 Å². The maximum absolute atomic E-state index is 12.6. The topological polar surface area (TPSA) is 51.8 Å². The van der Waals surface area contributed by atoms with Crippen LogP contribution in [0.25, 0.3) is 11.3 Å². The molecule has 0 aliphatic heterocycles. The van der Waals surface area contributed by atoms with E-state index in [1.54, 1.807) is 19.1 Å². The molecular weight excluding hydrogens is 243 g/mol. The molecule has 0 saturated heterocycles. The number of rotatable bonds is 1. The van der Waals surface area contributed by atoms with Gasteiger partial charge < -0.3 is 5.73 Å². The minimum atomic E-state index is -4.42. The summed E-state index contributed by atoms with van der Waals surface area (Å²) >= 11 is 0. The Balaban J connectivity index is 2.55. The van der Waals surface area contributed by atoms with E-state index in [1.165, 1.54) is 6.20 Å². The normalized spacial score (nSPS) is 11.6. The largest absolute Gasteiger partial charge is 0.417 e. The monoisotopic (exact) mass is 253 g/mol. The van der Waals surface area contributed by atoms with Crippen molar-refractivity contribution >= 4 is 5.82 Å². The predicted octanol–water partition coefficient (Wildman–Crippen LogP) is 3.05. The van der Waals surface area contributed by atoms with Gasteiger partial charge in [0, 0.05) is 18.0 Å². The summed E-state index contributed by atoms with van der Waals surface area (Å²) in [7, 11) is 0. The Labute approximate surface area is 101 Å². The van der Waals surface area contributed by atoms with Crippen LogP contribution in [-0.2, 0) is 6.18 Å². The van der Waals surface area contributed by atoms with Crippen LogP contribution in [0.15, 0.2) is 30.6 Å². The molecule has 0 spiro atoms. The van der Waals surface area contributed by atoms with E-state index in [2.05, 4.69) is 9.97 Å². The lowest BCUT2D eigenvalue weighted by Gasteiger charge is -2.09. The number of nitrogens with zero attached hydrogens (tertiary/aromatic N) is 2. The van der Waals surface area contributed by atoms with Crippen LogP contribution in [0.3, 0.4) is 0 Å². The molecule has 0 unspecified atom stereocenters. The highest BCUT2D eigenvalue weighted by Crippen LogP contribution is 2.31. The number of anilines is 1. The van der Waals surface area contributed by atoms with Gasteiger partial charge >= 0.3 is 6.18 Å². The first kappa shape index (κ1) is 12.3. The second-order valence-corrected chi connectivity index (χ2v) is 3.86. The van der Waals surface area contributed by atoms with Crippen LogP contribution in [-0.4, -0.2) is 9.97 Å². The second-order valence-electron chi connectivity index (χ2n) is 3.86. The number of nitrogens with two attached hydrogens (primary N) is 1. The molecule has 0 amide bonds. The van der Waals surface area contributed by atoms with E-state index >= 15 is 0 Å². The average Bonchev–Trinajstić information content (AvgIpc) is 2.31. The maximum Gasteiger partial charge on any atom is 0.417 e. The Morgan fingerprint density at radius 1 is 1.17 bits per heavy atom. The van der Waals surface area contributed by atoms with E-state index < -0.39 is 11.7 Å². The maximum atomic E-state index is 12.6. The van der Waals surface area contributed by atoms with Crippen molar-refractivity contribution in [3.8, 4) is 11.3 Å². The summed E-state index contributed by atoms with van der Waals surface area (Å²) in [6.07, 6.45) is -2.30. The fourth-order valence-corrected chi connectivity index (χ4v) is 1.56. The molecule has 3 nitrogen and oxygen atoms in total. The van der Waals surface area contributed by atoms with Crippen molar-refractivity contribution in [2.45, 2.75) is 13.1 Å². The quantitative estimate of drug-likeness (QED) is 0.849. The van der Waals surface area contributed by atoms with Gasteiger partial charge in [-0.2, -0.15) is 13.2 Å². The molecule has 2 N–H and O–H groups in total. The van der Waals surface area contributed by atoms with Gasteiger partial charge in [-0.15, -0.1) is 0 Å². The number of aromatic nitrogens is 2. The summed E-state index contributed by atoms with van der Waals surface area (Å²) in [5, 5.41) is 0. The van der Waals surface area contributed by atoms with Gasteiger partial charge in [-0.25, -0.2) is 4.98 Å². The summed E-state index contributed by atoms with van der Waals surface area (Å²) < 4.78 is 37.7. The molecule has 0 aliphatic carbocycles. The Morgan fingerprint density at radius 3 is 2.56 bits per heavy atom. The summed E-state index contributed by atoms with van der Waals surface area (Å²) in [6, 6.07) is 4.32. The third-order valence-corrected chi connectivity index (χ3v) is 2.46. The minimum absolute atomic E-state index is 0.257. The Kier molecular flexibility index (Phi) is 2.94. The lowest BCUT2D eigenvalue weighted by atomic mass is 10.1. The molecule has 0 aliphatic rings. The molecule has 2 aromatic rings. The van der Waals surface area contributed by atoms with Crippen molar-refractivity contribution in [3.05, 3.63) is 41.7 Å². The Morgan fingerprint density at radius 2 is 1.89 bits per heavy atom. The zero-order valence-electron chi connectivity index (χ0n) is 9.49. The lowest BCUT2D eigenvalue weighted by molar-refractivity contribution is -0.137. The molecule has 6 heteroatoms. The van der Waals surface area contributed by atoms with Gasteiger partial charge in [0.1, 0.15) is 5.82 Å². The van der Waals surface area contributed by atoms with E-state index in [0.29, 0.717) is 11.3 Å². The molecule has 0 saturated carbocycles. The molecule has 0 bridgehead atoms. The highest BCUT2D eigenvalue weighted by Gasteiger charge is 2.31. The highest BCUT2D eigenvalue weighted by atomic mass is 19.4. The molecule has 0 atom stereocenters. The molecule has 18 heavy (non-hydrogen) atoms. The number of nitrogen functional groups attached to an aromatic ring is 1. The molecular formula is C12H10F3N3. The fraction of sp³-hybridized carbons (Fsp3) is 0.167. The number of halogens is 3. The van der Waals surface area contributed by atoms with Crippen molar-refractivity contribution < 1.29 is 13.2 Å². The van der Waals surface area contributed by atoms with Crippen LogP contribution >= 0.6 is 0 Å². The average molecular weight is 253 g/mol. The van der Waals surface area contributed by atoms with Gasteiger partial charge in [-0.05, 0) is 24.6 Å². The van der Waals surface area contributed by atoms with Gasteiger partial charge in [0.15, 0.2) is 0 Å². The molecule has 0 fully saturated rings. The molecule has 2 heterocycles. The molecule has 2 aromatic heterocycles. The number of aryl methyl sites for hydroxylation is 1. The van der Waals surface area contributed by atoms with Crippen molar-refractivity contribution in [2.24, 2.45) is 0 Å². The third-order valence-electron chi connectivity index (χ3n) is 2.46. The highest BCUT2D eigenvalue weighted by molar-refractivity contribution is 5.64. The number of hydrogen-bond acceptors (Lipinski definition) is 3. The van der Waals surface area contributed by atoms with E-state index in [-0.39, 0.29) is 5.82 Å². The van der Waals surface area contributed by atoms with Gasteiger partial charge in [0.2, 0.25) is 0 Å². The van der Waals surface area contributed by atoms with Crippen molar-refractivity contribution in [3.63, 3.8) is 0 Å². The number of alkyl halides is 3. The predicted molar refractivity (Wildman–Crippen MR) is 61.6 cm³/mol. The number of pyridine rings is 2. The zero-order valence-corrected chi connectivity index (χ0v) is 9.49. The summed E-state index contributed by atoms with van der Waals surface area (Å²) in [5.41, 5.74) is 6.19. The van der Waals surface area contributed by atoms with Crippen molar-refractivity contribution in [2.75, 3.05) is 5.73 Å². The van der Waals surface area contributed by atoms with Gasteiger partial charge in [-0.1, -0.05) is 6.07 Å². The van der Waals surface area contributed by atoms with Gasteiger partial charge in [-0.3, -0.25) is 4.98 Å². The summed E-state index contributed by atoms with van der Waals surface area (Å²) in [4.78, 5) is 7.63. The standard InChI is InChI=1S/C12H10F3N3/c1-7-2-3-10(16)18-11(7)8-4-9(6-17-5-8)12(13,14)15/h2-6H,1H3,(H2,16,18). The minimum Gasteiger partial charge on any atom is -0.384 e. The van der Waals surface area contributed by atoms with Crippen LogP contribution in [0.5, 0.6) is 0 Å². The van der Waals surface area contributed by atoms with E-state index in [1.807, 2.05) is 0 Å². The van der Waals surface area contributed by atoms with Crippen LogP contribution in [0.4, 0.5) is 19.0 Å². The van der Waals surface area contributed by atoms with Crippen LogP contribution in [0.2, 0.25) is 0 Å². The van der Waals surface area contributed by atoms with Gasteiger partial charge in [0.25, 0.3) is 0 Å². The first-order valence-corrected chi connectivity index (χ1v) is 5.13. The first-order valence-electron chi connectivity index (χ1n) is 5.13. The van der Waals surface area contributed by atoms with Crippen molar-refractivity contribution in [1.82, 2.24) is 9.97 Å². The molecule has 2 rings (SSSR count). The van der Waals surface area contributed by atoms with Crippen LogP contribution in [0.1, 0.15) is 11.1 Å². The first-order chi connectivity index (χ1) is 8.38. The summed E-state index contributed by atoms with van der Waals surface area (Å²) in [6.45, 7) is 1.75. The SMILES string of the molecule is Cc1ccc(N)nc1-c1cncc(C(F)(F)F)c1. The van der Waals surface area contributed by atoms with Crippen molar-refractivity contribution in [1.29, 1.82) is 0 Å². The fourth-order valence-electron chi connectivity index (χ4n) is 1.56. The smallest absolute Gasteiger partial charge is 0.384 e.